The van der Waals surface area contributed by atoms with Gasteiger partial charge in [-0.15, -0.1) is 0 Å². The van der Waals surface area contributed by atoms with Crippen molar-refractivity contribution in [2.75, 3.05) is 47.6 Å². The maximum absolute atomic E-state index is 13.6. The summed E-state index contributed by atoms with van der Waals surface area (Å²) in [6, 6.07) is 13.1. The fourth-order valence-electron chi connectivity index (χ4n) is 5.58. The molecule has 0 saturated heterocycles. The molecule has 1 aliphatic heterocycles. The quantitative estimate of drug-likeness (QED) is 0.329. The van der Waals surface area contributed by atoms with Crippen LogP contribution in [0.5, 0.6) is 5.75 Å². The van der Waals surface area contributed by atoms with Crippen LogP contribution < -0.4 is 4.74 Å². The van der Waals surface area contributed by atoms with Crippen molar-refractivity contribution in [3.05, 3.63) is 71.5 Å². The Morgan fingerprint density at radius 2 is 1.66 bits per heavy atom. The Kier molecular flexibility index (Phi) is 11.8. The van der Waals surface area contributed by atoms with E-state index in [0.29, 0.717) is 17.7 Å². The van der Waals surface area contributed by atoms with Crippen LogP contribution in [0.1, 0.15) is 60.4 Å². The number of allylic oxidation sites excluding steroid dienone is 1. The Balaban J connectivity index is 1.50. The summed E-state index contributed by atoms with van der Waals surface area (Å²) in [5.74, 6) is -0.227. The third-order valence-corrected chi connectivity index (χ3v) is 10.1. The largest absolute Gasteiger partial charge is 0.497 e. The molecule has 0 spiro atoms. The molecule has 0 radical (unpaired) electrons. The highest BCUT2D eigenvalue weighted by Gasteiger charge is 2.33. The minimum Gasteiger partial charge on any atom is -0.497 e. The second kappa shape index (κ2) is 15.5. The SMILES string of the molecule is COC(=O)c1ccc([C@@H]2C=C(C(=O)N(C)C3CCCCC3)O[C@H](OCCN(CCO)S(=O)(=O)c3ccc(OC)cc3)C2)cc1. The molecule has 1 aliphatic carbocycles. The lowest BCUT2D eigenvalue weighted by molar-refractivity contribution is -0.153. The van der Waals surface area contributed by atoms with Gasteiger partial charge in [0.1, 0.15) is 5.75 Å². The van der Waals surface area contributed by atoms with E-state index < -0.39 is 22.3 Å². The normalized spacial score (nSPS) is 19.2. The first-order chi connectivity index (χ1) is 21.2. The molecule has 1 saturated carbocycles. The number of rotatable bonds is 13. The molecule has 1 fully saturated rings. The fourth-order valence-corrected chi connectivity index (χ4v) is 7.00. The molecule has 11 nitrogen and oxygen atoms in total. The van der Waals surface area contributed by atoms with E-state index in [1.54, 1.807) is 42.3 Å². The third kappa shape index (κ3) is 8.17. The molecule has 2 aromatic carbocycles. The van der Waals surface area contributed by atoms with E-state index in [1.807, 2.05) is 12.1 Å². The zero-order valence-electron chi connectivity index (χ0n) is 25.5. The van der Waals surface area contributed by atoms with Crippen LogP contribution in [0.2, 0.25) is 0 Å². The van der Waals surface area contributed by atoms with Crippen LogP contribution >= 0.6 is 0 Å². The van der Waals surface area contributed by atoms with Crippen LogP contribution in [-0.4, -0.2) is 94.5 Å². The van der Waals surface area contributed by atoms with Crippen molar-refractivity contribution in [1.29, 1.82) is 0 Å². The molecule has 2 atom stereocenters. The summed E-state index contributed by atoms with van der Waals surface area (Å²) in [6.07, 6.45) is 6.53. The van der Waals surface area contributed by atoms with Gasteiger partial charge in [-0.25, -0.2) is 13.2 Å². The number of carbonyl (C=O) groups is 2. The zero-order chi connectivity index (χ0) is 31.7. The number of ether oxygens (including phenoxy) is 4. The Hall–Kier alpha value is -3.45. The molecule has 4 rings (SSSR count). The Labute approximate surface area is 259 Å². The van der Waals surface area contributed by atoms with Gasteiger partial charge in [-0.05, 0) is 60.9 Å². The summed E-state index contributed by atoms with van der Waals surface area (Å²) >= 11 is 0. The summed E-state index contributed by atoms with van der Waals surface area (Å²) in [4.78, 5) is 27.3. The maximum Gasteiger partial charge on any atom is 0.337 e. The van der Waals surface area contributed by atoms with Crippen molar-refractivity contribution in [1.82, 2.24) is 9.21 Å². The van der Waals surface area contributed by atoms with E-state index in [1.165, 1.54) is 32.8 Å². The zero-order valence-corrected chi connectivity index (χ0v) is 26.3. The number of esters is 1. The smallest absolute Gasteiger partial charge is 0.337 e. The number of benzene rings is 2. The Morgan fingerprint density at radius 3 is 2.27 bits per heavy atom. The minimum atomic E-state index is -3.92. The molecule has 1 N–H and O–H groups in total. The van der Waals surface area contributed by atoms with E-state index in [9.17, 15) is 23.1 Å². The van der Waals surface area contributed by atoms with Gasteiger partial charge >= 0.3 is 5.97 Å². The lowest BCUT2D eigenvalue weighted by Crippen LogP contribution is -2.41. The molecule has 2 aromatic rings. The highest BCUT2D eigenvalue weighted by atomic mass is 32.2. The highest BCUT2D eigenvalue weighted by molar-refractivity contribution is 7.89. The third-order valence-electron chi connectivity index (χ3n) is 8.16. The number of amides is 1. The van der Waals surface area contributed by atoms with Crippen LogP contribution in [0.25, 0.3) is 0 Å². The van der Waals surface area contributed by atoms with Crippen molar-refractivity contribution < 1.29 is 42.1 Å². The molecular formula is C32H42N2O9S. The van der Waals surface area contributed by atoms with E-state index >= 15 is 0 Å². The van der Waals surface area contributed by atoms with Gasteiger partial charge in [-0.1, -0.05) is 31.4 Å². The standard InChI is InChI=1S/C32H42N2O9S/c1-33(26-7-5-4-6-8-26)31(36)29-21-25(23-9-11-24(12-10-23)32(37)41-3)22-30(43-29)42-20-18-34(17-19-35)44(38,39)28-15-13-27(40-2)14-16-28/h9-16,21,25-26,30,35H,4-8,17-20,22H2,1-3H3/t25-,30+/m1/s1. The van der Waals surface area contributed by atoms with Crippen LogP contribution in [0.4, 0.5) is 0 Å². The van der Waals surface area contributed by atoms with Gasteiger partial charge in [0.05, 0.1) is 37.9 Å². The van der Waals surface area contributed by atoms with Gasteiger partial charge in [0.25, 0.3) is 5.91 Å². The number of nitrogens with zero attached hydrogens (tertiary/aromatic N) is 2. The van der Waals surface area contributed by atoms with E-state index in [-0.39, 0.29) is 54.8 Å². The van der Waals surface area contributed by atoms with Gasteiger partial charge < -0.3 is 29.0 Å². The average Bonchev–Trinajstić information content (AvgIpc) is 3.07. The average molecular weight is 631 g/mol. The lowest BCUT2D eigenvalue weighted by Gasteiger charge is -2.35. The predicted octanol–water partition coefficient (Wildman–Crippen LogP) is 3.69. The molecular weight excluding hydrogens is 588 g/mol. The maximum atomic E-state index is 13.6. The topological polar surface area (TPSA) is 132 Å². The van der Waals surface area contributed by atoms with Crippen LogP contribution in [0.15, 0.2) is 65.3 Å². The van der Waals surface area contributed by atoms with Crippen molar-refractivity contribution in [3.8, 4) is 5.75 Å². The van der Waals surface area contributed by atoms with Crippen LogP contribution in [0, 0.1) is 0 Å². The number of sulfonamides is 1. The summed E-state index contributed by atoms with van der Waals surface area (Å²) in [6.45, 7) is -0.557. The van der Waals surface area contributed by atoms with Gasteiger partial charge in [0, 0.05) is 38.5 Å². The second-order valence-electron chi connectivity index (χ2n) is 10.9. The number of aliphatic hydroxyl groups excluding tert-OH is 1. The van der Waals surface area contributed by atoms with Gasteiger partial charge in [-0.3, -0.25) is 4.79 Å². The van der Waals surface area contributed by atoms with Crippen molar-refractivity contribution in [2.24, 2.45) is 0 Å². The van der Waals surface area contributed by atoms with Gasteiger partial charge in [0.15, 0.2) is 5.76 Å². The first-order valence-electron chi connectivity index (χ1n) is 14.9. The summed E-state index contributed by atoms with van der Waals surface area (Å²) in [5, 5.41) is 9.59. The number of likely N-dealkylation sites (N-methyl/N-ethyl adjacent to an activating group) is 1. The monoisotopic (exact) mass is 630 g/mol. The predicted molar refractivity (Wildman–Crippen MR) is 163 cm³/mol. The molecule has 0 unspecified atom stereocenters. The molecule has 44 heavy (non-hydrogen) atoms. The van der Waals surface area contributed by atoms with Gasteiger partial charge in [-0.2, -0.15) is 4.31 Å². The van der Waals surface area contributed by atoms with E-state index in [2.05, 4.69) is 0 Å². The van der Waals surface area contributed by atoms with E-state index in [0.717, 1.165) is 35.6 Å². The number of hydrogen-bond acceptors (Lipinski definition) is 9. The van der Waals surface area contributed by atoms with Crippen molar-refractivity contribution >= 4 is 21.9 Å². The molecule has 1 heterocycles. The molecule has 240 valence electrons. The van der Waals surface area contributed by atoms with Crippen LogP contribution in [-0.2, 0) is 29.0 Å². The lowest BCUT2D eigenvalue weighted by atomic mass is 9.91. The van der Waals surface area contributed by atoms with Gasteiger partial charge in [0.2, 0.25) is 16.3 Å². The first-order valence-corrected chi connectivity index (χ1v) is 16.3. The Bertz CT molecular complexity index is 1390. The molecule has 1 amide bonds. The number of methoxy groups -OCH3 is 2. The molecule has 0 bridgehead atoms. The minimum absolute atomic E-state index is 0.0337. The van der Waals surface area contributed by atoms with Crippen molar-refractivity contribution in [3.63, 3.8) is 0 Å². The Morgan fingerprint density at radius 1 is 0.977 bits per heavy atom. The second-order valence-corrected chi connectivity index (χ2v) is 12.9. The van der Waals surface area contributed by atoms with Crippen LogP contribution in [0.3, 0.4) is 0 Å². The number of hydrogen-bond donors (Lipinski definition) is 1. The van der Waals surface area contributed by atoms with Crippen molar-refractivity contribution in [2.45, 2.75) is 61.7 Å². The summed E-state index contributed by atoms with van der Waals surface area (Å²) < 4.78 is 49.8. The number of carbonyl (C=O) groups excluding carboxylic acids is 2. The number of aliphatic hydroxyl groups is 1. The first kappa shape index (κ1) is 33.4. The molecule has 2 aliphatic rings. The summed E-state index contributed by atoms with van der Waals surface area (Å²) in [5.41, 5.74) is 1.28. The highest BCUT2D eigenvalue weighted by Crippen LogP contribution is 2.33. The van der Waals surface area contributed by atoms with E-state index in [4.69, 9.17) is 18.9 Å². The molecule has 12 heteroatoms. The molecule has 0 aromatic heterocycles. The fraction of sp³-hybridized carbons (Fsp3) is 0.500. The summed E-state index contributed by atoms with van der Waals surface area (Å²) in [7, 11) is 0.696.